The van der Waals surface area contributed by atoms with E-state index in [2.05, 4.69) is 10.6 Å². The highest BCUT2D eigenvalue weighted by Crippen LogP contribution is 2.25. The quantitative estimate of drug-likeness (QED) is 0.594. The molecule has 0 saturated carbocycles. The van der Waals surface area contributed by atoms with E-state index in [0.717, 1.165) is 5.56 Å². The SMILES string of the molecule is O=C1NCc2ccc(NC(=O)c3ccccc3C(=O)c3ccc(Cl)c(Cl)c3)cc21. The lowest BCUT2D eigenvalue weighted by Gasteiger charge is -2.11. The molecule has 2 N–H and O–H groups in total. The summed E-state index contributed by atoms with van der Waals surface area (Å²) in [4.78, 5) is 37.6. The van der Waals surface area contributed by atoms with E-state index in [-0.39, 0.29) is 27.8 Å². The lowest BCUT2D eigenvalue weighted by molar-refractivity contribution is 0.0964. The molecule has 29 heavy (non-hydrogen) atoms. The van der Waals surface area contributed by atoms with Gasteiger partial charge < -0.3 is 10.6 Å². The Bertz CT molecular complexity index is 1170. The van der Waals surface area contributed by atoms with Gasteiger partial charge in [-0.05, 0) is 42.0 Å². The predicted molar refractivity (Wildman–Crippen MR) is 112 cm³/mol. The Labute approximate surface area is 176 Å². The van der Waals surface area contributed by atoms with E-state index in [9.17, 15) is 14.4 Å². The second-order valence-corrected chi connectivity index (χ2v) is 7.33. The number of ketones is 1. The average Bonchev–Trinajstić information content (AvgIpc) is 3.10. The van der Waals surface area contributed by atoms with Gasteiger partial charge in [0.05, 0.1) is 15.6 Å². The molecule has 7 heteroatoms. The first-order valence-corrected chi connectivity index (χ1v) is 9.51. The first-order valence-electron chi connectivity index (χ1n) is 8.75. The van der Waals surface area contributed by atoms with E-state index in [0.29, 0.717) is 28.4 Å². The zero-order chi connectivity index (χ0) is 20.5. The minimum atomic E-state index is -0.452. The normalized spacial score (nSPS) is 12.3. The smallest absolute Gasteiger partial charge is 0.256 e. The van der Waals surface area contributed by atoms with Crippen LogP contribution in [0, 0.1) is 0 Å². The molecule has 1 aliphatic rings. The molecule has 5 nitrogen and oxygen atoms in total. The molecule has 0 bridgehead atoms. The van der Waals surface area contributed by atoms with Crippen molar-refractivity contribution in [2.75, 3.05) is 5.32 Å². The third-order valence-corrected chi connectivity index (χ3v) is 5.39. The van der Waals surface area contributed by atoms with Crippen molar-refractivity contribution >= 4 is 46.5 Å². The van der Waals surface area contributed by atoms with Gasteiger partial charge in [0.1, 0.15) is 0 Å². The van der Waals surface area contributed by atoms with Gasteiger partial charge in [0.15, 0.2) is 5.78 Å². The Morgan fingerprint density at radius 3 is 2.41 bits per heavy atom. The molecular formula is C22H14Cl2N2O3. The highest BCUT2D eigenvalue weighted by atomic mass is 35.5. The summed E-state index contributed by atoms with van der Waals surface area (Å²) in [5.41, 5.74) is 2.67. The van der Waals surface area contributed by atoms with Gasteiger partial charge in [-0.3, -0.25) is 14.4 Å². The van der Waals surface area contributed by atoms with Crippen LogP contribution in [0.4, 0.5) is 5.69 Å². The minimum absolute atomic E-state index is 0.175. The zero-order valence-electron chi connectivity index (χ0n) is 15.0. The maximum atomic E-state index is 12.9. The number of halogens is 2. The van der Waals surface area contributed by atoms with Crippen LogP contribution in [0.5, 0.6) is 0 Å². The minimum Gasteiger partial charge on any atom is -0.348 e. The summed E-state index contributed by atoms with van der Waals surface area (Å²) in [6.45, 7) is 0.476. The highest BCUT2D eigenvalue weighted by Gasteiger charge is 2.21. The summed E-state index contributed by atoms with van der Waals surface area (Å²) in [6.07, 6.45) is 0. The number of benzene rings is 3. The van der Waals surface area contributed by atoms with Crippen LogP contribution in [-0.4, -0.2) is 17.6 Å². The molecule has 0 aliphatic carbocycles. The van der Waals surface area contributed by atoms with Gasteiger partial charge in [-0.15, -0.1) is 0 Å². The predicted octanol–water partition coefficient (Wildman–Crippen LogP) is 4.72. The molecule has 0 unspecified atom stereocenters. The number of rotatable bonds is 4. The molecule has 3 aromatic rings. The van der Waals surface area contributed by atoms with Crippen molar-refractivity contribution in [2.45, 2.75) is 6.54 Å². The largest absolute Gasteiger partial charge is 0.348 e. The van der Waals surface area contributed by atoms with Crippen molar-refractivity contribution in [1.29, 1.82) is 0 Å². The molecular weight excluding hydrogens is 411 g/mol. The molecule has 1 heterocycles. The molecule has 3 aromatic carbocycles. The summed E-state index contributed by atoms with van der Waals surface area (Å²) in [7, 11) is 0. The number of anilines is 1. The second-order valence-electron chi connectivity index (χ2n) is 6.51. The Balaban J connectivity index is 1.63. The number of hydrogen-bond donors (Lipinski definition) is 2. The van der Waals surface area contributed by atoms with Gasteiger partial charge >= 0.3 is 0 Å². The molecule has 0 fully saturated rings. The summed E-state index contributed by atoms with van der Waals surface area (Å²) >= 11 is 11.9. The van der Waals surface area contributed by atoms with Crippen molar-refractivity contribution in [2.24, 2.45) is 0 Å². The van der Waals surface area contributed by atoms with Crippen molar-refractivity contribution < 1.29 is 14.4 Å². The molecule has 4 rings (SSSR count). The van der Waals surface area contributed by atoms with Gasteiger partial charge in [0.2, 0.25) is 0 Å². The summed E-state index contributed by atoms with van der Waals surface area (Å²) in [5, 5.41) is 6.09. The molecule has 0 atom stereocenters. The molecule has 0 radical (unpaired) electrons. The van der Waals surface area contributed by atoms with Gasteiger partial charge in [-0.25, -0.2) is 0 Å². The summed E-state index contributed by atoms with van der Waals surface area (Å²) < 4.78 is 0. The lowest BCUT2D eigenvalue weighted by atomic mass is 9.97. The topological polar surface area (TPSA) is 75.3 Å². The van der Waals surface area contributed by atoms with Crippen LogP contribution < -0.4 is 10.6 Å². The Hall–Kier alpha value is -3.15. The van der Waals surface area contributed by atoms with E-state index < -0.39 is 5.91 Å². The lowest BCUT2D eigenvalue weighted by Crippen LogP contribution is -2.17. The third-order valence-electron chi connectivity index (χ3n) is 4.65. The second kappa shape index (κ2) is 7.70. The Morgan fingerprint density at radius 2 is 1.66 bits per heavy atom. The van der Waals surface area contributed by atoms with Crippen LogP contribution in [-0.2, 0) is 6.54 Å². The molecule has 0 spiro atoms. The van der Waals surface area contributed by atoms with Crippen molar-refractivity contribution in [3.63, 3.8) is 0 Å². The number of carbonyl (C=O) groups excluding carboxylic acids is 3. The fourth-order valence-corrected chi connectivity index (χ4v) is 3.46. The van der Waals surface area contributed by atoms with E-state index in [1.165, 1.54) is 12.1 Å². The van der Waals surface area contributed by atoms with Crippen LogP contribution in [0.1, 0.15) is 42.2 Å². The van der Waals surface area contributed by atoms with E-state index in [1.807, 2.05) is 0 Å². The van der Waals surface area contributed by atoms with Crippen LogP contribution in [0.15, 0.2) is 60.7 Å². The van der Waals surface area contributed by atoms with Gasteiger partial charge in [-0.2, -0.15) is 0 Å². The monoisotopic (exact) mass is 424 g/mol. The Kier molecular flexibility index (Phi) is 5.09. The first kappa shape index (κ1) is 19.2. The Morgan fingerprint density at radius 1 is 0.897 bits per heavy atom. The molecule has 0 aromatic heterocycles. The summed E-state index contributed by atoms with van der Waals surface area (Å²) in [6, 6.07) is 16.2. The van der Waals surface area contributed by atoms with Crippen LogP contribution in [0.2, 0.25) is 10.0 Å². The number of hydrogen-bond acceptors (Lipinski definition) is 3. The van der Waals surface area contributed by atoms with E-state index in [1.54, 1.807) is 48.5 Å². The fourth-order valence-electron chi connectivity index (χ4n) is 3.16. The molecule has 144 valence electrons. The van der Waals surface area contributed by atoms with Crippen LogP contribution >= 0.6 is 23.2 Å². The van der Waals surface area contributed by atoms with Crippen molar-refractivity contribution in [3.8, 4) is 0 Å². The molecule has 2 amide bonds. The zero-order valence-corrected chi connectivity index (χ0v) is 16.5. The van der Waals surface area contributed by atoms with Crippen molar-refractivity contribution in [3.05, 3.63) is 98.5 Å². The standard InChI is InChI=1S/C22H14Cl2N2O3/c23-18-8-6-12(9-19(18)24)20(27)15-3-1-2-4-16(15)22(29)26-14-7-5-13-11-25-21(28)17(13)10-14/h1-10H,11H2,(H,25,28)(H,26,29). The highest BCUT2D eigenvalue weighted by molar-refractivity contribution is 6.42. The van der Waals surface area contributed by atoms with E-state index in [4.69, 9.17) is 23.2 Å². The number of amides is 2. The first-order chi connectivity index (χ1) is 13.9. The summed E-state index contributed by atoms with van der Waals surface area (Å²) in [5.74, 6) is -0.971. The fraction of sp³-hybridized carbons (Fsp3) is 0.0455. The maximum absolute atomic E-state index is 12.9. The third kappa shape index (κ3) is 3.75. The van der Waals surface area contributed by atoms with Crippen LogP contribution in [0.25, 0.3) is 0 Å². The van der Waals surface area contributed by atoms with Gasteiger partial charge in [0, 0.05) is 28.9 Å². The van der Waals surface area contributed by atoms with Gasteiger partial charge in [0.25, 0.3) is 11.8 Å². The maximum Gasteiger partial charge on any atom is 0.256 e. The van der Waals surface area contributed by atoms with E-state index >= 15 is 0 Å². The van der Waals surface area contributed by atoms with Crippen LogP contribution in [0.3, 0.4) is 0 Å². The van der Waals surface area contributed by atoms with Gasteiger partial charge in [-0.1, -0.05) is 47.5 Å². The number of fused-ring (bicyclic) bond motifs is 1. The molecule has 0 saturated heterocycles. The number of nitrogens with one attached hydrogen (secondary N) is 2. The van der Waals surface area contributed by atoms with Crippen molar-refractivity contribution in [1.82, 2.24) is 5.32 Å². The molecule has 1 aliphatic heterocycles. The number of carbonyl (C=O) groups is 3. The average molecular weight is 425 g/mol.